The number of aryl methyl sites for hydroxylation is 1. The number of alkyl halides is 1. The quantitative estimate of drug-likeness (QED) is 0.638. The summed E-state index contributed by atoms with van der Waals surface area (Å²) in [5.74, 6) is 0. The fourth-order valence-corrected chi connectivity index (χ4v) is 3.90. The van der Waals surface area contributed by atoms with Crippen LogP contribution in [0.5, 0.6) is 0 Å². The second kappa shape index (κ2) is 6.22. The van der Waals surface area contributed by atoms with Crippen molar-refractivity contribution in [2.45, 2.75) is 18.8 Å². The molecule has 18 heavy (non-hydrogen) atoms. The Hall–Kier alpha value is -0.320. The highest BCUT2D eigenvalue weighted by atomic mass is 79.9. The summed E-state index contributed by atoms with van der Waals surface area (Å²) in [5.41, 5.74) is 3.94. The smallest absolute Gasteiger partial charge is 0.0520 e. The number of rotatable bonds is 4. The lowest BCUT2D eigenvalue weighted by Gasteiger charge is -2.21. The SMILES string of the molecule is Cc1ccc(N(C)Cc2cc(Br)cs2)c(CBr)c1. The van der Waals surface area contributed by atoms with Gasteiger partial charge in [0.15, 0.2) is 0 Å². The van der Waals surface area contributed by atoms with E-state index >= 15 is 0 Å². The van der Waals surface area contributed by atoms with E-state index in [1.807, 2.05) is 0 Å². The molecule has 2 rings (SSSR count). The maximum Gasteiger partial charge on any atom is 0.0520 e. The van der Waals surface area contributed by atoms with E-state index < -0.39 is 0 Å². The van der Waals surface area contributed by atoms with Gasteiger partial charge in [0.25, 0.3) is 0 Å². The fourth-order valence-electron chi connectivity index (χ4n) is 1.95. The molecule has 0 fully saturated rings. The van der Waals surface area contributed by atoms with Crippen LogP contribution in [0.15, 0.2) is 34.1 Å². The Morgan fingerprint density at radius 3 is 2.67 bits per heavy atom. The summed E-state index contributed by atoms with van der Waals surface area (Å²) in [4.78, 5) is 3.67. The molecule has 0 spiro atoms. The van der Waals surface area contributed by atoms with Crippen LogP contribution >= 0.6 is 43.2 Å². The number of nitrogens with zero attached hydrogens (tertiary/aromatic N) is 1. The highest BCUT2D eigenvalue weighted by Crippen LogP contribution is 2.27. The van der Waals surface area contributed by atoms with E-state index in [9.17, 15) is 0 Å². The Morgan fingerprint density at radius 1 is 1.28 bits per heavy atom. The van der Waals surface area contributed by atoms with Crippen molar-refractivity contribution in [3.8, 4) is 0 Å². The van der Waals surface area contributed by atoms with Crippen molar-refractivity contribution in [1.29, 1.82) is 0 Å². The molecule has 0 unspecified atom stereocenters. The van der Waals surface area contributed by atoms with E-state index in [0.717, 1.165) is 11.9 Å². The second-order valence-electron chi connectivity index (χ2n) is 4.35. The van der Waals surface area contributed by atoms with Crippen LogP contribution in [0, 0.1) is 6.92 Å². The zero-order valence-corrected chi connectivity index (χ0v) is 14.4. The van der Waals surface area contributed by atoms with Gasteiger partial charge >= 0.3 is 0 Å². The Labute approximate surface area is 129 Å². The minimum atomic E-state index is 0.891. The van der Waals surface area contributed by atoms with Crippen LogP contribution in [0.4, 0.5) is 5.69 Å². The molecule has 4 heteroatoms. The summed E-state index contributed by atoms with van der Waals surface area (Å²) < 4.78 is 1.17. The maximum atomic E-state index is 3.57. The topological polar surface area (TPSA) is 3.24 Å². The number of hydrogen-bond donors (Lipinski definition) is 0. The predicted octanol–water partition coefficient (Wildman–Crippen LogP) is 5.35. The third-order valence-corrected chi connectivity index (χ3v) is 5.09. The lowest BCUT2D eigenvalue weighted by atomic mass is 10.1. The molecule has 96 valence electrons. The zero-order chi connectivity index (χ0) is 13.1. The van der Waals surface area contributed by atoms with Crippen molar-refractivity contribution >= 4 is 48.9 Å². The first-order valence-corrected chi connectivity index (χ1v) is 8.49. The highest BCUT2D eigenvalue weighted by Gasteiger charge is 2.08. The number of thiophene rings is 1. The van der Waals surface area contributed by atoms with Gasteiger partial charge in [-0.15, -0.1) is 11.3 Å². The summed E-state index contributed by atoms with van der Waals surface area (Å²) >= 11 is 8.86. The Morgan fingerprint density at radius 2 is 2.06 bits per heavy atom. The van der Waals surface area contributed by atoms with Gasteiger partial charge in [-0.3, -0.25) is 0 Å². The van der Waals surface area contributed by atoms with Crippen LogP contribution in [0.25, 0.3) is 0 Å². The first-order chi connectivity index (χ1) is 8.60. The van der Waals surface area contributed by atoms with Gasteiger partial charge in [-0.2, -0.15) is 0 Å². The zero-order valence-electron chi connectivity index (χ0n) is 10.4. The summed E-state index contributed by atoms with van der Waals surface area (Å²) in [5, 5.41) is 3.02. The first kappa shape index (κ1) is 14.1. The van der Waals surface area contributed by atoms with Gasteiger partial charge in [-0.25, -0.2) is 0 Å². The monoisotopic (exact) mass is 387 g/mol. The number of anilines is 1. The molecule has 0 atom stereocenters. The molecule has 1 aromatic carbocycles. The molecule has 1 nitrogen and oxygen atoms in total. The van der Waals surface area contributed by atoms with Crippen molar-refractivity contribution in [2.24, 2.45) is 0 Å². The third-order valence-electron chi connectivity index (χ3n) is 2.80. The molecule has 0 aliphatic rings. The minimum absolute atomic E-state index is 0.891. The lowest BCUT2D eigenvalue weighted by Crippen LogP contribution is -2.17. The van der Waals surface area contributed by atoms with Crippen LogP contribution in [-0.4, -0.2) is 7.05 Å². The average Bonchev–Trinajstić information content (AvgIpc) is 2.74. The minimum Gasteiger partial charge on any atom is -0.369 e. The van der Waals surface area contributed by atoms with Crippen molar-refractivity contribution in [1.82, 2.24) is 0 Å². The Kier molecular flexibility index (Phi) is 4.87. The molecule has 0 aliphatic heterocycles. The van der Waals surface area contributed by atoms with Gasteiger partial charge in [0.1, 0.15) is 0 Å². The summed E-state index contributed by atoms with van der Waals surface area (Å²) in [6.45, 7) is 3.08. The first-order valence-electron chi connectivity index (χ1n) is 5.69. The molecule has 1 aromatic heterocycles. The maximum absolute atomic E-state index is 3.57. The summed E-state index contributed by atoms with van der Waals surface area (Å²) in [6.07, 6.45) is 0. The average molecular weight is 389 g/mol. The molecule has 0 amide bonds. The van der Waals surface area contributed by atoms with E-state index in [1.54, 1.807) is 11.3 Å². The molecule has 0 saturated heterocycles. The molecule has 2 aromatic rings. The molecule has 0 radical (unpaired) electrons. The van der Waals surface area contributed by atoms with Crippen molar-refractivity contribution in [3.63, 3.8) is 0 Å². The van der Waals surface area contributed by atoms with E-state index in [-0.39, 0.29) is 0 Å². The van der Waals surface area contributed by atoms with Crippen LogP contribution in [-0.2, 0) is 11.9 Å². The normalized spacial score (nSPS) is 10.7. The van der Waals surface area contributed by atoms with E-state index in [2.05, 4.69) is 80.4 Å². The predicted molar refractivity (Wildman–Crippen MR) is 87.9 cm³/mol. The standard InChI is InChI=1S/C14H15Br2NS/c1-10-3-4-14(11(5-10)7-15)17(2)8-13-6-12(16)9-18-13/h3-6,9H,7-8H2,1-2H3. The van der Waals surface area contributed by atoms with Crippen molar-refractivity contribution in [3.05, 3.63) is 50.1 Å². The fraction of sp³-hybridized carbons (Fsp3) is 0.286. The van der Waals surface area contributed by atoms with Crippen molar-refractivity contribution < 1.29 is 0 Å². The summed E-state index contributed by atoms with van der Waals surface area (Å²) in [6, 6.07) is 8.80. The highest BCUT2D eigenvalue weighted by molar-refractivity contribution is 9.10. The molecule has 0 bridgehead atoms. The van der Waals surface area contributed by atoms with Gasteiger partial charge in [0.2, 0.25) is 0 Å². The van der Waals surface area contributed by atoms with Gasteiger partial charge in [-0.1, -0.05) is 33.6 Å². The number of halogens is 2. The largest absolute Gasteiger partial charge is 0.369 e. The van der Waals surface area contributed by atoms with Crippen LogP contribution < -0.4 is 4.90 Å². The lowest BCUT2D eigenvalue weighted by molar-refractivity contribution is 0.932. The van der Waals surface area contributed by atoms with Crippen LogP contribution in [0.2, 0.25) is 0 Å². The Balaban J connectivity index is 2.20. The van der Waals surface area contributed by atoms with Gasteiger partial charge in [-0.05, 0) is 40.5 Å². The number of benzene rings is 1. The van der Waals surface area contributed by atoms with E-state index in [4.69, 9.17) is 0 Å². The third kappa shape index (κ3) is 3.37. The van der Waals surface area contributed by atoms with Gasteiger partial charge in [0.05, 0.1) is 6.54 Å². The second-order valence-corrected chi connectivity index (χ2v) is 6.83. The van der Waals surface area contributed by atoms with Crippen LogP contribution in [0.3, 0.4) is 0 Å². The van der Waals surface area contributed by atoms with Gasteiger partial charge < -0.3 is 4.90 Å². The molecular formula is C14H15Br2NS. The van der Waals surface area contributed by atoms with Crippen molar-refractivity contribution in [2.75, 3.05) is 11.9 Å². The molecule has 0 aliphatic carbocycles. The molecule has 0 saturated carbocycles. The summed E-state index contributed by atoms with van der Waals surface area (Å²) in [7, 11) is 2.14. The molecule has 1 heterocycles. The molecular weight excluding hydrogens is 374 g/mol. The van der Waals surface area contributed by atoms with Crippen LogP contribution in [0.1, 0.15) is 16.0 Å². The Bertz CT molecular complexity index is 536. The van der Waals surface area contributed by atoms with E-state index in [1.165, 1.54) is 26.2 Å². The van der Waals surface area contributed by atoms with Gasteiger partial charge in [0, 0.05) is 32.8 Å². The molecule has 0 N–H and O–H groups in total. The van der Waals surface area contributed by atoms with E-state index in [0.29, 0.717) is 0 Å². The number of hydrogen-bond acceptors (Lipinski definition) is 2.